The summed E-state index contributed by atoms with van der Waals surface area (Å²) < 4.78 is 10.1. The van der Waals surface area contributed by atoms with Gasteiger partial charge in [0.05, 0.1) is 20.1 Å². The number of methoxy groups -OCH3 is 2. The van der Waals surface area contributed by atoms with Gasteiger partial charge in [-0.1, -0.05) is 26.0 Å². The SMILES string of the molecule is COC(=O)C1CCN(C(=O)NCC(C)(C)c2cccc(OC)c2)CC1. The third-order valence-electron chi connectivity index (χ3n) is 4.85. The average Bonchev–Trinajstić information content (AvgIpc) is 2.65. The molecule has 1 aromatic carbocycles. The summed E-state index contributed by atoms with van der Waals surface area (Å²) in [6.07, 6.45) is 1.30. The topological polar surface area (TPSA) is 67.9 Å². The number of rotatable bonds is 5. The number of carbonyl (C=O) groups is 2. The van der Waals surface area contributed by atoms with Gasteiger partial charge in [0.1, 0.15) is 5.75 Å². The molecule has 6 heteroatoms. The van der Waals surface area contributed by atoms with E-state index in [4.69, 9.17) is 9.47 Å². The van der Waals surface area contributed by atoms with Gasteiger partial charge in [0, 0.05) is 25.0 Å². The maximum atomic E-state index is 12.4. The van der Waals surface area contributed by atoms with Gasteiger partial charge < -0.3 is 19.7 Å². The largest absolute Gasteiger partial charge is 0.497 e. The highest BCUT2D eigenvalue weighted by molar-refractivity contribution is 5.76. The van der Waals surface area contributed by atoms with E-state index in [-0.39, 0.29) is 23.3 Å². The van der Waals surface area contributed by atoms with Gasteiger partial charge in [0.2, 0.25) is 0 Å². The molecule has 0 aromatic heterocycles. The molecular weight excluding hydrogens is 320 g/mol. The quantitative estimate of drug-likeness (QED) is 0.831. The zero-order chi connectivity index (χ0) is 18.4. The molecule has 0 spiro atoms. The van der Waals surface area contributed by atoms with Crippen molar-refractivity contribution in [3.63, 3.8) is 0 Å². The molecule has 2 rings (SSSR count). The Labute approximate surface area is 149 Å². The Morgan fingerprint density at radius 2 is 1.92 bits per heavy atom. The van der Waals surface area contributed by atoms with Gasteiger partial charge >= 0.3 is 12.0 Å². The van der Waals surface area contributed by atoms with Crippen LogP contribution in [0.1, 0.15) is 32.3 Å². The van der Waals surface area contributed by atoms with E-state index in [1.165, 1.54) is 7.11 Å². The van der Waals surface area contributed by atoms with Gasteiger partial charge in [-0.2, -0.15) is 0 Å². The fourth-order valence-electron chi connectivity index (χ4n) is 3.04. The third-order valence-corrected chi connectivity index (χ3v) is 4.85. The van der Waals surface area contributed by atoms with Crippen molar-refractivity contribution in [1.82, 2.24) is 10.2 Å². The minimum Gasteiger partial charge on any atom is -0.497 e. The van der Waals surface area contributed by atoms with Crippen LogP contribution in [0, 0.1) is 5.92 Å². The molecule has 0 aliphatic carbocycles. The smallest absolute Gasteiger partial charge is 0.317 e. The zero-order valence-electron chi connectivity index (χ0n) is 15.5. The maximum Gasteiger partial charge on any atom is 0.317 e. The number of hydrogen-bond donors (Lipinski definition) is 1. The van der Waals surface area contributed by atoms with Gasteiger partial charge in [0.25, 0.3) is 0 Å². The van der Waals surface area contributed by atoms with Crippen molar-refractivity contribution in [3.05, 3.63) is 29.8 Å². The molecule has 2 amide bonds. The predicted molar refractivity (Wildman–Crippen MR) is 95.7 cm³/mol. The highest BCUT2D eigenvalue weighted by Crippen LogP contribution is 2.26. The molecule has 138 valence electrons. The van der Waals surface area contributed by atoms with Gasteiger partial charge in [-0.3, -0.25) is 4.79 Å². The van der Waals surface area contributed by atoms with Crippen molar-refractivity contribution in [2.24, 2.45) is 5.92 Å². The van der Waals surface area contributed by atoms with E-state index in [1.54, 1.807) is 12.0 Å². The average molecular weight is 348 g/mol. The van der Waals surface area contributed by atoms with E-state index < -0.39 is 0 Å². The van der Waals surface area contributed by atoms with Crippen molar-refractivity contribution in [1.29, 1.82) is 0 Å². The molecule has 6 nitrogen and oxygen atoms in total. The lowest BCUT2D eigenvalue weighted by Gasteiger charge is -2.32. The maximum absolute atomic E-state index is 12.4. The molecule has 1 heterocycles. The summed E-state index contributed by atoms with van der Waals surface area (Å²) in [6, 6.07) is 7.81. The first-order chi connectivity index (χ1) is 11.9. The third kappa shape index (κ3) is 4.87. The Kier molecular flexibility index (Phi) is 6.28. The molecule has 25 heavy (non-hydrogen) atoms. The van der Waals surface area contributed by atoms with Crippen LogP contribution < -0.4 is 10.1 Å². The monoisotopic (exact) mass is 348 g/mol. The molecule has 1 aliphatic rings. The van der Waals surface area contributed by atoms with E-state index in [9.17, 15) is 9.59 Å². The van der Waals surface area contributed by atoms with Crippen molar-refractivity contribution in [2.45, 2.75) is 32.1 Å². The van der Waals surface area contributed by atoms with Crippen LogP contribution in [0.2, 0.25) is 0 Å². The number of likely N-dealkylation sites (tertiary alicyclic amines) is 1. The second-order valence-corrected chi connectivity index (χ2v) is 7.06. The van der Waals surface area contributed by atoms with Crippen LogP contribution in [0.5, 0.6) is 5.75 Å². The number of hydrogen-bond acceptors (Lipinski definition) is 4. The van der Waals surface area contributed by atoms with Gasteiger partial charge in [-0.15, -0.1) is 0 Å². The normalized spacial score (nSPS) is 15.6. The molecule has 0 unspecified atom stereocenters. The van der Waals surface area contributed by atoms with E-state index in [0.29, 0.717) is 32.5 Å². The van der Waals surface area contributed by atoms with Crippen molar-refractivity contribution in [3.8, 4) is 5.75 Å². The summed E-state index contributed by atoms with van der Waals surface area (Å²) >= 11 is 0. The minimum atomic E-state index is -0.214. The number of ether oxygens (including phenoxy) is 2. The van der Waals surface area contributed by atoms with Crippen LogP contribution in [-0.2, 0) is 14.9 Å². The van der Waals surface area contributed by atoms with E-state index in [1.807, 2.05) is 24.3 Å². The second kappa shape index (κ2) is 8.23. The molecule has 1 N–H and O–H groups in total. The minimum absolute atomic E-state index is 0.0840. The molecule has 0 radical (unpaired) electrons. The number of urea groups is 1. The summed E-state index contributed by atoms with van der Waals surface area (Å²) in [4.78, 5) is 25.7. The van der Waals surface area contributed by atoms with Gasteiger partial charge in [-0.25, -0.2) is 4.79 Å². The van der Waals surface area contributed by atoms with E-state index in [0.717, 1.165) is 11.3 Å². The molecule has 1 aliphatic heterocycles. The Balaban J connectivity index is 1.88. The van der Waals surface area contributed by atoms with Crippen molar-refractivity contribution < 1.29 is 19.1 Å². The first kappa shape index (κ1) is 19.1. The number of esters is 1. The van der Waals surface area contributed by atoms with Crippen LogP contribution in [0.15, 0.2) is 24.3 Å². The van der Waals surface area contributed by atoms with Crippen LogP contribution in [0.25, 0.3) is 0 Å². The molecular formula is C19H28N2O4. The lowest BCUT2D eigenvalue weighted by atomic mass is 9.84. The van der Waals surface area contributed by atoms with Crippen LogP contribution in [0.4, 0.5) is 4.79 Å². The zero-order valence-corrected chi connectivity index (χ0v) is 15.5. The first-order valence-corrected chi connectivity index (χ1v) is 8.62. The Morgan fingerprint density at radius 1 is 1.24 bits per heavy atom. The summed E-state index contributed by atoms with van der Waals surface area (Å²) in [7, 11) is 3.05. The van der Waals surface area contributed by atoms with Crippen molar-refractivity contribution >= 4 is 12.0 Å². The van der Waals surface area contributed by atoms with Crippen LogP contribution >= 0.6 is 0 Å². The Bertz CT molecular complexity index is 607. The molecule has 1 fully saturated rings. The summed E-state index contributed by atoms with van der Waals surface area (Å²) in [5, 5.41) is 3.02. The van der Waals surface area contributed by atoms with Crippen molar-refractivity contribution in [2.75, 3.05) is 33.9 Å². The Morgan fingerprint density at radius 3 is 2.52 bits per heavy atom. The van der Waals surface area contributed by atoms with Gasteiger partial charge in [-0.05, 0) is 30.5 Å². The fraction of sp³-hybridized carbons (Fsp3) is 0.579. The molecule has 1 aromatic rings. The number of carbonyl (C=O) groups excluding carboxylic acids is 2. The van der Waals surface area contributed by atoms with E-state index in [2.05, 4.69) is 19.2 Å². The predicted octanol–water partition coefficient (Wildman–Crippen LogP) is 2.57. The fourth-order valence-corrected chi connectivity index (χ4v) is 3.04. The number of nitrogens with one attached hydrogen (secondary N) is 1. The first-order valence-electron chi connectivity index (χ1n) is 8.62. The van der Waals surface area contributed by atoms with Gasteiger partial charge in [0.15, 0.2) is 0 Å². The summed E-state index contributed by atoms with van der Waals surface area (Å²) in [5.41, 5.74) is 0.894. The lowest BCUT2D eigenvalue weighted by molar-refractivity contribution is -0.146. The second-order valence-electron chi connectivity index (χ2n) is 7.06. The standard InChI is InChI=1S/C19H28N2O4/c1-19(2,15-6-5-7-16(12-15)24-3)13-20-18(23)21-10-8-14(9-11-21)17(22)25-4/h5-7,12,14H,8-11,13H2,1-4H3,(H,20,23). The number of nitrogens with zero attached hydrogens (tertiary/aromatic N) is 1. The molecule has 0 bridgehead atoms. The summed E-state index contributed by atoms with van der Waals surface area (Å²) in [6.45, 7) is 5.85. The van der Waals surface area contributed by atoms with E-state index >= 15 is 0 Å². The molecule has 0 atom stereocenters. The molecule has 1 saturated heterocycles. The number of amides is 2. The van der Waals surface area contributed by atoms with Crippen LogP contribution in [0.3, 0.4) is 0 Å². The highest BCUT2D eigenvalue weighted by Gasteiger charge is 2.29. The number of benzene rings is 1. The number of piperidine rings is 1. The highest BCUT2D eigenvalue weighted by atomic mass is 16.5. The lowest BCUT2D eigenvalue weighted by Crippen LogP contribution is -2.48. The summed E-state index contributed by atoms with van der Waals surface area (Å²) in [5.74, 6) is 0.531. The van der Waals surface area contributed by atoms with Crippen LogP contribution in [-0.4, -0.2) is 50.8 Å². The Hall–Kier alpha value is -2.24. The molecule has 0 saturated carbocycles.